The number of hydrogen-bond donors (Lipinski definition) is 2. The van der Waals surface area contributed by atoms with Crippen LogP contribution < -0.4 is 5.32 Å². The molecule has 1 fully saturated rings. The molecule has 0 bridgehead atoms. The average Bonchev–Trinajstić information content (AvgIpc) is 2.85. The van der Waals surface area contributed by atoms with Crippen LogP contribution in [0.3, 0.4) is 0 Å². The lowest BCUT2D eigenvalue weighted by Crippen LogP contribution is -2.39. The van der Waals surface area contributed by atoms with E-state index in [0.717, 1.165) is 26.1 Å². The van der Waals surface area contributed by atoms with Gasteiger partial charge in [-0.25, -0.2) is 0 Å². The van der Waals surface area contributed by atoms with Gasteiger partial charge in [0.2, 0.25) is 0 Å². The molecule has 1 atom stereocenters. The van der Waals surface area contributed by atoms with Crippen LogP contribution in [0, 0.1) is 5.41 Å². The number of nitrogens with one attached hydrogen (secondary N) is 1. The SMILES string of the molecule is CC(C)(CCO)CNC1CCN(Cc2ccccc2)C1. The van der Waals surface area contributed by atoms with E-state index in [1.54, 1.807) is 0 Å². The molecule has 0 amide bonds. The zero-order chi connectivity index (χ0) is 14.4. The van der Waals surface area contributed by atoms with E-state index in [2.05, 4.69) is 54.4 Å². The molecule has 0 aliphatic carbocycles. The van der Waals surface area contributed by atoms with Gasteiger partial charge in [-0.2, -0.15) is 0 Å². The van der Waals surface area contributed by atoms with Crippen LogP contribution in [0.1, 0.15) is 32.3 Å². The number of likely N-dealkylation sites (tertiary alicyclic amines) is 1. The van der Waals surface area contributed by atoms with Gasteiger partial charge in [0.25, 0.3) is 0 Å². The number of aliphatic hydroxyl groups excluding tert-OH is 1. The van der Waals surface area contributed by atoms with Gasteiger partial charge < -0.3 is 10.4 Å². The Morgan fingerprint density at radius 2 is 2.05 bits per heavy atom. The van der Waals surface area contributed by atoms with Crippen molar-refractivity contribution < 1.29 is 5.11 Å². The number of nitrogens with zero attached hydrogens (tertiary/aromatic N) is 1. The highest BCUT2D eigenvalue weighted by Crippen LogP contribution is 2.20. The molecule has 112 valence electrons. The Labute approximate surface area is 123 Å². The second-order valence-electron chi connectivity index (χ2n) is 6.73. The normalized spacial score (nSPS) is 20.4. The first kappa shape index (κ1) is 15.5. The van der Waals surface area contributed by atoms with Crippen molar-refractivity contribution in [2.24, 2.45) is 5.41 Å². The molecule has 1 aliphatic rings. The van der Waals surface area contributed by atoms with E-state index in [4.69, 9.17) is 5.11 Å². The molecule has 3 nitrogen and oxygen atoms in total. The molecule has 0 saturated carbocycles. The fraction of sp³-hybridized carbons (Fsp3) is 0.647. The first-order chi connectivity index (χ1) is 9.59. The Bertz CT molecular complexity index is 391. The third-order valence-electron chi connectivity index (χ3n) is 4.18. The molecule has 1 aromatic carbocycles. The van der Waals surface area contributed by atoms with Gasteiger partial charge in [-0.05, 0) is 23.8 Å². The molecule has 20 heavy (non-hydrogen) atoms. The molecule has 1 unspecified atom stereocenters. The van der Waals surface area contributed by atoms with E-state index in [1.165, 1.54) is 18.5 Å². The molecule has 1 aromatic rings. The van der Waals surface area contributed by atoms with Crippen LogP contribution in [0.2, 0.25) is 0 Å². The molecule has 0 aromatic heterocycles. The first-order valence-electron chi connectivity index (χ1n) is 7.69. The van der Waals surface area contributed by atoms with Crippen LogP contribution in [-0.4, -0.2) is 42.3 Å². The summed E-state index contributed by atoms with van der Waals surface area (Å²) in [5.74, 6) is 0. The minimum absolute atomic E-state index is 0.182. The standard InChI is InChI=1S/C17H28N2O/c1-17(2,9-11-20)14-18-16-8-10-19(13-16)12-15-6-4-3-5-7-15/h3-7,16,18,20H,8-14H2,1-2H3. The molecule has 2 rings (SSSR count). The molecule has 1 aliphatic heterocycles. The zero-order valence-corrected chi connectivity index (χ0v) is 12.8. The number of benzene rings is 1. The van der Waals surface area contributed by atoms with Crippen molar-refractivity contribution in [1.82, 2.24) is 10.2 Å². The van der Waals surface area contributed by atoms with Crippen LogP contribution in [0.5, 0.6) is 0 Å². The lowest BCUT2D eigenvalue weighted by Gasteiger charge is -2.26. The number of hydrogen-bond acceptors (Lipinski definition) is 3. The van der Waals surface area contributed by atoms with E-state index < -0.39 is 0 Å². The van der Waals surface area contributed by atoms with E-state index >= 15 is 0 Å². The Morgan fingerprint density at radius 1 is 1.30 bits per heavy atom. The Balaban J connectivity index is 1.73. The van der Waals surface area contributed by atoms with Gasteiger partial charge in [0.1, 0.15) is 0 Å². The largest absolute Gasteiger partial charge is 0.396 e. The van der Waals surface area contributed by atoms with Gasteiger partial charge >= 0.3 is 0 Å². The summed E-state index contributed by atoms with van der Waals surface area (Å²) in [4.78, 5) is 2.52. The molecule has 0 radical (unpaired) electrons. The highest BCUT2D eigenvalue weighted by Gasteiger charge is 2.24. The lowest BCUT2D eigenvalue weighted by atomic mass is 9.89. The van der Waals surface area contributed by atoms with Crippen molar-refractivity contribution in [3.63, 3.8) is 0 Å². The molecule has 1 heterocycles. The van der Waals surface area contributed by atoms with Crippen LogP contribution in [-0.2, 0) is 6.54 Å². The predicted octanol–water partition coefficient (Wildman–Crippen LogP) is 2.26. The van der Waals surface area contributed by atoms with Crippen LogP contribution >= 0.6 is 0 Å². The minimum atomic E-state index is 0.182. The molecule has 1 saturated heterocycles. The van der Waals surface area contributed by atoms with Gasteiger partial charge in [-0.15, -0.1) is 0 Å². The smallest absolute Gasteiger partial charge is 0.0436 e. The summed E-state index contributed by atoms with van der Waals surface area (Å²) in [6.45, 7) is 9.05. The second kappa shape index (κ2) is 7.21. The Morgan fingerprint density at radius 3 is 2.75 bits per heavy atom. The van der Waals surface area contributed by atoms with Crippen LogP contribution in [0.25, 0.3) is 0 Å². The van der Waals surface area contributed by atoms with Crippen molar-refractivity contribution in [2.45, 2.75) is 39.3 Å². The van der Waals surface area contributed by atoms with Crippen molar-refractivity contribution in [2.75, 3.05) is 26.2 Å². The lowest BCUT2D eigenvalue weighted by molar-refractivity contribution is 0.202. The third-order valence-corrected chi connectivity index (χ3v) is 4.18. The van der Waals surface area contributed by atoms with Gasteiger partial charge in [-0.1, -0.05) is 44.2 Å². The average molecular weight is 276 g/mol. The summed E-state index contributed by atoms with van der Waals surface area (Å²) in [6.07, 6.45) is 2.09. The fourth-order valence-corrected chi connectivity index (χ4v) is 2.80. The van der Waals surface area contributed by atoms with Crippen LogP contribution in [0.4, 0.5) is 0 Å². The van der Waals surface area contributed by atoms with Gasteiger partial charge in [0, 0.05) is 38.8 Å². The second-order valence-corrected chi connectivity index (χ2v) is 6.73. The van der Waals surface area contributed by atoms with Crippen molar-refractivity contribution in [3.05, 3.63) is 35.9 Å². The number of aliphatic hydroxyl groups is 1. The summed E-state index contributed by atoms with van der Waals surface area (Å²) in [7, 11) is 0. The van der Waals surface area contributed by atoms with Crippen molar-refractivity contribution in [1.29, 1.82) is 0 Å². The predicted molar refractivity (Wildman–Crippen MR) is 83.6 cm³/mol. The summed E-state index contributed by atoms with van der Waals surface area (Å²) in [6, 6.07) is 11.3. The van der Waals surface area contributed by atoms with Gasteiger partial charge in [0.15, 0.2) is 0 Å². The quantitative estimate of drug-likeness (QED) is 0.802. The topological polar surface area (TPSA) is 35.5 Å². The maximum absolute atomic E-state index is 9.06. The summed E-state index contributed by atoms with van der Waals surface area (Å²) in [5, 5.41) is 12.7. The van der Waals surface area contributed by atoms with E-state index in [0.29, 0.717) is 6.04 Å². The molecular weight excluding hydrogens is 248 g/mol. The van der Waals surface area contributed by atoms with Crippen molar-refractivity contribution >= 4 is 0 Å². The van der Waals surface area contributed by atoms with E-state index in [-0.39, 0.29) is 12.0 Å². The van der Waals surface area contributed by atoms with Gasteiger partial charge in [-0.3, -0.25) is 4.90 Å². The summed E-state index contributed by atoms with van der Waals surface area (Å²) < 4.78 is 0. The minimum Gasteiger partial charge on any atom is -0.396 e. The molecular formula is C17H28N2O. The summed E-state index contributed by atoms with van der Waals surface area (Å²) >= 11 is 0. The molecule has 2 N–H and O–H groups in total. The maximum Gasteiger partial charge on any atom is 0.0436 e. The Hall–Kier alpha value is -0.900. The molecule has 3 heteroatoms. The van der Waals surface area contributed by atoms with E-state index in [1.807, 2.05) is 0 Å². The third kappa shape index (κ3) is 4.89. The first-order valence-corrected chi connectivity index (χ1v) is 7.69. The van der Waals surface area contributed by atoms with Gasteiger partial charge in [0.05, 0.1) is 0 Å². The zero-order valence-electron chi connectivity index (χ0n) is 12.8. The summed E-state index contributed by atoms with van der Waals surface area (Å²) in [5.41, 5.74) is 1.58. The highest BCUT2D eigenvalue weighted by atomic mass is 16.3. The monoisotopic (exact) mass is 276 g/mol. The van der Waals surface area contributed by atoms with Crippen molar-refractivity contribution in [3.8, 4) is 0 Å². The van der Waals surface area contributed by atoms with Crippen LogP contribution in [0.15, 0.2) is 30.3 Å². The Kier molecular flexibility index (Phi) is 5.58. The molecule has 0 spiro atoms. The van der Waals surface area contributed by atoms with E-state index in [9.17, 15) is 0 Å². The highest BCUT2D eigenvalue weighted by molar-refractivity contribution is 5.14. The maximum atomic E-state index is 9.06. The number of rotatable bonds is 7. The fourth-order valence-electron chi connectivity index (χ4n) is 2.80.